The van der Waals surface area contributed by atoms with Gasteiger partial charge in [0.1, 0.15) is 11.5 Å². The quantitative estimate of drug-likeness (QED) is 0.788. The second-order valence-corrected chi connectivity index (χ2v) is 8.02. The van der Waals surface area contributed by atoms with Crippen molar-refractivity contribution >= 4 is 33.3 Å². The number of anilines is 1. The summed E-state index contributed by atoms with van der Waals surface area (Å²) in [6.45, 7) is 1.43. The SMILES string of the molecule is CCS(=O)(=O)c1cccnc1C(=O)Nc1ccc(SC(F)(F)F)cn1. The lowest BCUT2D eigenvalue weighted by Crippen LogP contribution is -2.19. The van der Waals surface area contributed by atoms with Crippen LogP contribution in [0.15, 0.2) is 46.5 Å². The Hall–Kier alpha value is -2.14. The number of nitrogens with one attached hydrogen (secondary N) is 1. The molecule has 134 valence electrons. The predicted octanol–water partition coefficient (Wildman–Crippen LogP) is 3.13. The molecule has 0 aliphatic carbocycles. The number of hydrogen-bond acceptors (Lipinski definition) is 6. The molecule has 0 aromatic carbocycles. The van der Waals surface area contributed by atoms with Gasteiger partial charge in [-0.1, -0.05) is 6.92 Å². The molecular weight excluding hydrogens is 379 g/mol. The summed E-state index contributed by atoms with van der Waals surface area (Å²) in [7, 11) is -3.67. The second kappa shape index (κ2) is 7.40. The van der Waals surface area contributed by atoms with Gasteiger partial charge in [-0.15, -0.1) is 0 Å². The molecule has 2 aromatic rings. The molecule has 25 heavy (non-hydrogen) atoms. The van der Waals surface area contributed by atoms with Gasteiger partial charge in [0, 0.05) is 17.3 Å². The summed E-state index contributed by atoms with van der Waals surface area (Å²) in [4.78, 5) is 19.4. The van der Waals surface area contributed by atoms with Crippen LogP contribution in [0.5, 0.6) is 0 Å². The van der Waals surface area contributed by atoms with Gasteiger partial charge in [0.25, 0.3) is 5.91 Å². The average Bonchev–Trinajstić information content (AvgIpc) is 2.55. The van der Waals surface area contributed by atoms with Crippen molar-refractivity contribution in [1.82, 2.24) is 9.97 Å². The summed E-state index contributed by atoms with van der Waals surface area (Å²) in [5.74, 6) is -1.06. The monoisotopic (exact) mass is 391 g/mol. The van der Waals surface area contributed by atoms with Gasteiger partial charge < -0.3 is 5.32 Å². The van der Waals surface area contributed by atoms with Crippen molar-refractivity contribution in [3.05, 3.63) is 42.4 Å². The number of pyridine rings is 2. The summed E-state index contributed by atoms with van der Waals surface area (Å²) in [5.41, 5.74) is -4.75. The summed E-state index contributed by atoms with van der Waals surface area (Å²) >= 11 is -0.333. The van der Waals surface area contributed by atoms with Crippen LogP contribution >= 0.6 is 11.8 Å². The molecule has 0 bridgehead atoms. The third kappa shape index (κ3) is 5.16. The summed E-state index contributed by atoms with van der Waals surface area (Å²) in [6.07, 6.45) is 2.22. The first kappa shape index (κ1) is 19.2. The number of aromatic nitrogens is 2. The van der Waals surface area contributed by atoms with E-state index in [-0.39, 0.29) is 38.8 Å². The van der Waals surface area contributed by atoms with Crippen LogP contribution in [-0.4, -0.2) is 35.6 Å². The highest BCUT2D eigenvalue weighted by molar-refractivity contribution is 8.00. The molecule has 0 aliphatic rings. The molecule has 6 nitrogen and oxygen atoms in total. The highest BCUT2D eigenvalue weighted by Crippen LogP contribution is 2.36. The lowest BCUT2D eigenvalue weighted by Gasteiger charge is -2.09. The molecule has 1 amide bonds. The largest absolute Gasteiger partial charge is 0.446 e. The number of thioether (sulfide) groups is 1. The maximum Gasteiger partial charge on any atom is 0.446 e. The molecule has 2 rings (SSSR count). The standard InChI is InChI=1S/C14H12F3N3O3S2/c1-2-25(22,23)10-4-3-7-18-12(10)13(21)20-11-6-5-9(8-19-11)24-14(15,16)17/h3-8H,2H2,1H3,(H,19,20,21). The molecule has 0 aliphatic heterocycles. The maximum absolute atomic E-state index is 12.3. The van der Waals surface area contributed by atoms with Gasteiger partial charge in [0.05, 0.1) is 10.6 Å². The van der Waals surface area contributed by atoms with Crippen LogP contribution in [0.4, 0.5) is 19.0 Å². The molecule has 0 saturated carbocycles. The molecule has 0 spiro atoms. The zero-order valence-electron chi connectivity index (χ0n) is 12.7. The number of carbonyl (C=O) groups is 1. The third-order valence-electron chi connectivity index (χ3n) is 2.91. The third-order valence-corrected chi connectivity index (χ3v) is 5.38. The molecule has 0 saturated heterocycles. The Labute approximate surface area is 145 Å². The zero-order valence-corrected chi connectivity index (χ0v) is 14.4. The van der Waals surface area contributed by atoms with Crippen LogP contribution in [0.25, 0.3) is 0 Å². The Morgan fingerprint density at radius 2 is 1.96 bits per heavy atom. The highest BCUT2D eigenvalue weighted by Gasteiger charge is 2.29. The van der Waals surface area contributed by atoms with Crippen molar-refractivity contribution in [2.75, 3.05) is 11.1 Å². The Morgan fingerprint density at radius 3 is 2.52 bits per heavy atom. The van der Waals surface area contributed by atoms with Crippen molar-refractivity contribution < 1.29 is 26.4 Å². The second-order valence-electron chi connectivity index (χ2n) is 4.63. The van der Waals surface area contributed by atoms with Crippen molar-refractivity contribution in [2.24, 2.45) is 0 Å². The van der Waals surface area contributed by atoms with E-state index in [1.807, 2.05) is 0 Å². The Morgan fingerprint density at radius 1 is 1.24 bits per heavy atom. The highest BCUT2D eigenvalue weighted by atomic mass is 32.2. The normalized spacial score (nSPS) is 12.0. The Kier molecular flexibility index (Phi) is 5.68. The van der Waals surface area contributed by atoms with Crippen molar-refractivity contribution in [2.45, 2.75) is 22.2 Å². The number of halogens is 3. The molecule has 11 heteroatoms. The van der Waals surface area contributed by atoms with Crippen molar-refractivity contribution in [1.29, 1.82) is 0 Å². The number of rotatable bonds is 5. The van der Waals surface area contributed by atoms with Crippen LogP contribution in [0, 0.1) is 0 Å². The number of carbonyl (C=O) groups excluding carboxylic acids is 1. The van der Waals surface area contributed by atoms with E-state index in [2.05, 4.69) is 15.3 Å². The lowest BCUT2D eigenvalue weighted by molar-refractivity contribution is -0.0328. The van der Waals surface area contributed by atoms with Crippen molar-refractivity contribution in [3.63, 3.8) is 0 Å². The fraction of sp³-hybridized carbons (Fsp3) is 0.214. The van der Waals surface area contributed by atoms with Gasteiger partial charge in [-0.25, -0.2) is 18.4 Å². The molecular formula is C14H12F3N3O3S2. The Bertz CT molecular complexity index is 869. The van der Waals surface area contributed by atoms with E-state index in [1.165, 1.54) is 31.3 Å². The fourth-order valence-corrected chi connectivity index (χ4v) is 3.34. The predicted molar refractivity (Wildman–Crippen MR) is 86.1 cm³/mol. The van der Waals surface area contributed by atoms with E-state index in [9.17, 15) is 26.4 Å². The number of sulfone groups is 1. The van der Waals surface area contributed by atoms with Gasteiger partial charge in [0.2, 0.25) is 0 Å². The van der Waals surface area contributed by atoms with Gasteiger partial charge >= 0.3 is 5.51 Å². The maximum atomic E-state index is 12.3. The van der Waals surface area contributed by atoms with Crippen LogP contribution in [-0.2, 0) is 9.84 Å². The van der Waals surface area contributed by atoms with Gasteiger partial charge in [-0.05, 0) is 36.0 Å². The van der Waals surface area contributed by atoms with Gasteiger partial charge in [0.15, 0.2) is 9.84 Å². The minimum Gasteiger partial charge on any atom is -0.305 e. The van der Waals surface area contributed by atoms with E-state index in [1.54, 1.807) is 0 Å². The van der Waals surface area contributed by atoms with Crippen LogP contribution in [0.3, 0.4) is 0 Å². The minimum atomic E-state index is -4.44. The zero-order chi connectivity index (χ0) is 18.7. The minimum absolute atomic E-state index is 0.0259. The van der Waals surface area contributed by atoms with Crippen molar-refractivity contribution in [3.8, 4) is 0 Å². The van der Waals surface area contributed by atoms with Crippen LogP contribution < -0.4 is 5.32 Å². The molecule has 2 aromatic heterocycles. The van der Waals surface area contributed by atoms with Gasteiger partial charge in [-0.3, -0.25) is 4.79 Å². The first-order valence-corrected chi connectivity index (χ1v) is 9.30. The first-order valence-electron chi connectivity index (χ1n) is 6.83. The van der Waals surface area contributed by atoms with Gasteiger partial charge in [-0.2, -0.15) is 13.2 Å². The first-order chi connectivity index (χ1) is 11.6. The van der Waals surface area contributed by atoms with E-state index in [0.29, 0.717) is 0 Å². The van der Waals surface area contributed by atoms with E-state index in [4.69, 9.17) is 0 Å². The summed E-state index contributed by atoms with van der Waals surface area (Å²) in [5, 5.41) is 2.32. The summed E-state index contributed by atoms with van der Waals surface area (Å²) < 4.78 is 60.8. The molecule has 0 radical (unpaired) electrons. The molecule has 0 unspecified atom stereocenters. The smallest absolute Gasteiger partial charge is 0.305 e. The number of alkyl halides is 3. The molecule has 0 fully saturated rings. The van der Waals surface area contributed by atoms with Crippen LogP contribution in [0.1, 0.15) is 17.4 Å². The molecule has 0 atom stereocenters. The van der Waals surface area contributed by atoms with E-state index < -0.39 is 21.3 Å². The average molecular weight is 391 g/mol. The van der Waals surface area contributed by atoms with Crippen LogP contribution in [0.2, 0.25) is 0 Å². The number of amides is 1. The van der Waals surface area contributed by atoms with E-state index >= 15 is 0 Å². The number of nitrogens with zero attached hydrogens (tertiary/aromatic N) is 2. The Balaban J connectivity index is 2.21. The van der Waals surface area contributed by atoms with E-state index in [0.717, 1.165) is 12.3 Å². The number of hydrogen-bond donors (Lipinski definition) is 1. The fourth-order valence-electron chi connectivity index (χ4n) is 1.79. The topological polar surface area (TPSA) is 89.0 Å². The summed E-state index contributed by atoms with van der Waals surface area (Å²) in [6, 6.07) is 4.98. The molecule has 2 heterocycles. The lowest BCUT2D eigenvalue weighted by atomic mass is 10.3. The molecule has 1 N–H and O–H groups in total.